The first-order valence-corrected chi connectivity index (χ1v) is 19.8. The molecule has 0 aliphatic heterocycles. The van der Waals surface area contributed by atoms with Crippen molar-refractivity contribution >= 4 is 54.0 Å². The summed E-state index contributed by atoms with van der Waals surface area (Å²) >= 11 is 0. The predicted molar refractivity (Wildman–Crippen MR) is 130 cm³/mol. The van der Waals surface area contributed by atoms with Gasteiger partial charge in [0, 0.05) is 8.41 Å². The van der Waals surface area contributed by atoms with Crippen LogP contribution in [0.15, 0.2) is 0 Å². The van der Waals surface area contributed by atoms with E-state index in [1.54, 1.807) is 0 Å². The summed E-state index contributed by atoms with van der Waals surface area (Å²) in [6.07, 6.45) is -2.11. The maximum absolute atomic E-state index is 12.7. The predicted octanol–water partition coefficient (Wildman–Crippen LogP) is -0.803. The highest BCUT2D eigenvalue weighted by Gasteiger charge is 2.71. The molecule has 12 N–H and O–H groups in total. The van der Waals surface area contributed by atoms with E-state index in [1.165, 1.54) is 0 Å². The van der Waals surface area contributed by atoms with E-state index >= 15 is 0 Å². The monoisotopic (exact) mass is 661 g/mol. The average molecular weight is 661 g/mol. The lowest BCUT2D eigenvalue weighted by atomic mass is 9.79. The van der Waals surface area contributed by atoms with E-state index in [9.17, 15) is 86.1 Å². The van der Waals surface area contributed by atoms with Crippen LogP contribution in [0.1, 0.15) is 27.7 Å². The zero-order valence-electron chi connectivity index (χ0n) is 19.7. The lowest BCUT2D eigenvalue weighted by molar-refractivity contribution is 0.197. The van der Waals surface area contributed by atoms with Gasteiger partial charge in [0.25, 0.3) is 0 Å². The summed E-state index contributed by atoms with van der Waals surface area (Å²) in [6, 6.07) is 0. The molecule has 0 bridgehead atoms. The van der Waals surface area contributed by atoms with Crippen molar-refractivity contribution in [3.8, 4) is 0 Å². The molecule has 4 unspecified atom stereocenters. The molecular weight excluding hydrogens is 629 g/mol. The molecular formula is C12H32BO18P6. The Bertz CT molecular complexity index is 1060. The Balaban J connectivity index is 0. The van der Waals surface area contributed by atoms with Crippen LogP contribution >= 0.6 is 45.6 Å². The average Bonchev–Trinajstić information content (AvgIpc) is 2.48. The second-order valence-corrected chi connectivity index (χ2v) is 19.6. The Morgan fingerprint density at radius 1 is 0.541 bits per heavy atom. The second-order valence-electron chi connectivity index (χ2n) is 8.94. The summed E-state index contributed by atoms with van der Waals surface area (Å²) in [7, 11) is -36.9. The summed E-state index contributed by atoms with van der Waals surface area (Å²) in [4.78, 5) is 119. The van der Waals surface area contributed by atoms with Crippen molar-refractivity contribution in [3.05, 3.63) is 0 Å². The fourth-order valence-electron chi connectivity index (χ4n) is 4.81. The SMILES string of the molecule is CC(C)C(C(C)C)(C(C(C(C(CP(=O)(O)O)P(=O)(O)O)P(=O)(O)O)P(=O)(O)O)P(=O)(O)O)P(=O)(O)O.[B]. The summed E-state index contributed by atoms with van der Waals surface area (Å²) in [5, 5.41) is -3.17. The van der Waals surface area contributed by atoms with E-state index in [0.717, 1.165) is 27.7 Å². The summed E-state index contributed by atoms with van der Waals surface area (Å²) < 4.78 is 74.2. The fraction of sp³-hybridized carbons (Fsp3) is 1.00. The third-order valence-electron chi connectivity index (χ3n) is 5.89. The minimum absolute atomic E-state index is 0. The minimum atomic E-state index is -6.44. The molecule has 0 aliphatic carbocycles. The van der Waals surface area contributed by atoms with Crippen molar-refractivity contribution in [2.24, 2.45) is 11.8 Å². The van der Waals surface area contributed by atoms with Crippen LogP contribution in [0.4, 0.5) is 0 Å². The Morgan fingerprint density at radius 2 is 0.865 bits per heavy atom. The van der Waals surface area contributed by atoms with Crippen molar-refractivity contribution in [2.75, 3.05) is 6.16 Å². The van der Waals surface area contributed by atoms with E-state index in [2.05, 4.69) is 0 Å². The standard InChI is InChI=1S/C12H32O18P6.B/c1-6(2)12(7(3)4,36(28,29)30)11(35(25,26)27)10(34(22,23)24)9(33(19,20)21)8(32(16,17)18)5-31(13,14)15;/h6-11H,5H2,1-4H3,(H2,13,14,15)(H2,16,17,18)(H2,19,20,21)(H2,22,23,24)(H2,25,26,27)(H2,28,29,30);. The molecule has 221 valence electrons. The molecule has 0 saturated heterocycles. The maximum Gasteiger partial charge on any atom is 0.333 e. The van der Waals surface area contributed by atoms with Crippen molar-refractivity contribution < 1.29 is 86.1 Å². The van der Waals surface area contributed by atoms with E-state index in [1.807, 2.05) is 0 Å². The molecule has 0 fully saturated rings. The Kier molecular flexibility index (Phi) is 13.5. The number of hydrogen-bond acceptors (Lipinski definition) is 6. The van der Waals surface area contributed by atoms with Crippen LogP contribution < -0.4 is 0 Å². The first kappa shape index (κ1) is 40.1. The van der Waals surface area contributed by atoms with Gasteiger partial charge in [-0.15, -0.1) is 0 Å². The topological polar surface area (TPSA) is 345 Å². The highest BCUT2D eigenvalue weighted by Crippen LogP contribution is 2.74. The van der Waals surface area contributed by atoms with E-state index in [4.69, 9.17) is 0 Å². The van der Waals surface area contributed by atoms with Crippen LogP contribution in [0.3, 0.4) is 0 Å². The van der Waals surface area contributed by atoms with Gasteiger partial charge in [0.2, 0.25) is 0 Å². The maximum atomic E-state index is 12.7. The molecule has 0 heterocycles. The number of rotatable bonds is 13. The van der Waals surface area contributed by atoms with Gasteiger partial charge in [-0.25, -0.2) is 0 Å². The van der Waals surface area contributed by atoms with Crippen molar-refractivity contribution in [1.82, 2.24) is 0 Å². The van der Waals surface area contributed by atoms with Crippen molar-refractivity contribution in [1.29, 1.82) is 0 Å². The zero-order chi connectivity index (χ0) is 29.7. The van der Waals surface area contributed by atoms with E-state index in [-0.39, 0.29) is 8.41 Å². The van der Waals surface area contributed by atoms with Gasteiger partial charge in [0.15, 0.2) is 0 Å². The van der Waals surface area contributed by atoms with Crippen LogP contribution in [0.2, 0.25) is 0 Å². The molecule has 0 spiro atoms. The molecule has 0 rings (SSSR count). The quantitative estimate of drug-likeness (QED) is 0.0848. The first-order valence-electron chi connectivity index (χ1n) is 9.65. The lowest BCUT2D eigenvalue weighted by Crippen LogP contribution is -2.59. The Labute approximate surface area is 213 Å². The van der Waals surface area contributed by atoms with Crippen LogP contribution in [0.5, 0.6) is 0 Å². The van der Waals surface area contributed by atoms with Gasteiger partial charge in [0.05, 0.1) is 34.0 Å². The van der Waals surface area contributed by atoms with Crippen LogP contribution in [0, 0.1) is 11.8 Å². The van der Waals surface area contributed by atoms with Crippen molar-refractivity contribution in [2.45, 2.75) is 55.5 Å². The van der Waals surface area contributed by atoms with Crippen LogP contribution in [-0.4, -0.2) is 101 Å². The number of hydrogen-bond donors (Lipinski definition) is 12. The smallest absolute Gasteiger partial charge is 0.324 e. The normalized spacial score (nSPS) is 18.3. The molecule has 25 heteroatoms. The van der Waals surface area contributed by atoms with Crippen LogP contribution in [0.25, 0.3) is 0 Å². The molecule has 18 nitrogen and oxygen atoms in total. The third-order valence-corrected chi connectivity index (χ3v) is 16.0. The largest absolute Gasteiger partial charge is 0.333 e. The summed E-state index contributed by atoms with van der Waals surface area (Å²) in [5.74, 6) is -3.20. The molecule has 37 heavy (non-hydrogen) atoms. The zero-order valence-corrected chi connectivity index (χ0v) is 25.1. The highest BCUT2D eigenvalue weighted by molar-refractivity contribution is 7.63. The summed E-state index contributed by atoms with van der Waals surface area (Å²) in [6.45, 7) is 3.89. The Morgan fingerprint density at radius 3 is 1.03 bits per heavy atom. The molecule has 0 aromatic carbocycles. The third kappa shape index (κ3) is 9.50. The lowest BCUT2D eigenvalue weighted by Gasteiger charge is -2.51. The van der Waals surface area contributed by atoms with Gasteiger partial charge >= 0.3 is 45.6 Å². The second kappa shape index (κ2) is 12.5. The molecule has 0 aliphatic rings. The van der Waals surface area contributed by atoms with Crippen molar-refractivity contribution in [3.63, 3.8) is 0 Å². The molecule has 0 saturated carbocycles. The molecule has 3 radical (unpaired) electrons. The van der Waals surface area contributed by atoms with Gasteiger partial charge in [0.1, 0.15) is 0 Å². The van der Waals surface area contributed by atoms with Gasteiger partial charge < -0.3 is 58.7 Å². The van der Waals surface area contributed by atoms with Crippen LogP contribution in [-0.2, 0) is 27.4 Å². The van der Waals surface area contributed by atoms with Gasteiger partial charge in [-0.2, -0.15) is 0 Å². The van der Waals surface area contributed by atoms with Gasteiger partial charge in [-0.1, -0.05) is 27.7 Å². The van der Waals surface area contributed by atoms with Gasteiger partial charge in [-0.05, 0) is 11.8 Å². The first-order chi connectivity index (χ1) is 15.3. The molecule has 0 aromatic heterocycles. The van der Waals surface area contributed by atoms with Gasteiger partial charge in [-0.3, -0.25) is 27.4 Å². The molecule has 0 aromatic rings. The molecule has 0 amide bonds. The van der Waals surface area contributed by atoms with E-state index < -0.39 is 91.4 Å². The molecule has 4 atom stereocenters. The summed E-state index contributed by atoms with van der Waals surface area (Å²) in [5.41, 5.74) is -13.8. The highest BCUT2D eigenvalue weighted by atomic mass is 31.2. The van der Waals surface area contributed by atoms with E-state index in [0.29, 0.717) is 0 Å². The Hall–Kier alpha value is 0.965. The minimum Gasteiger partial charge on any atom is -0.324 e. The fourth-order valence-corrected chi connectivity index (χ4v) is 18.1.